The number of rotatable bonds is 8. The minimum absolute atomic E-state index is 0.0169. The highest BCUT2D eigenvalue weighted by atomic mass is 16.7. The summed E-state index contributed by atoms with van der Waals surface area (Å²) in [5.41, 5.74) is 0. The van der Waals surface area contributed by atoms with E-state index >= 15 is 0 Å². The Kier molecular flexibility index (Phi) is 8.34. The van der Waals surface area contributed by atoms with Crippen molar-refractivity contribution in [3.05, 3.63) is 0 Å². The Morgan fingerprint density at radius 1 is 1.00 bits per heavy atom. The summed E-state index contributed by atoms with van der Waals surface area (Å²) in [5, 5.41) is 8.33. The van der Waals surface area contributed by atoms with Crippen molar-refractivity contribution in [1.29, 1.82) is 0 Å². The number of carboxylic acid groups (broad SMARTS) is 1. The molecule has 1 N–H and O–H groups in total. The smallest absolute Gasteiger partial charge is 0.481 e. The fourth-order valence-corrected chi connectivity index (χ4v) is 0.854. The van der Waals surface area contributed by atoms with E-state index in [9.17, 15) is 14.4 Å². The molecule has 7 nitrogen and oxygen atoms in total. The van der Waals surface area contributed by atoms with Gasteiger partial charge in [0.05, 0.1) is 12.5 Å². The molecule has 0 rings (SSSR count). The first-order chi connectivity index (χ1) is 8.43. The molecule has 0 aromatic rings. The number of esters is 1. The number of carbonyl (C=O) groups excluding carboxylic acids is 2. The van der Waals surface area contributed by atoms with Crippen LogP contribution in [-0.2, 0) is 23.8 Å². The summed E-state index contributed by atoms with van der Waals surface area (Å²) in [7, 11) is 0. The Balaban J connectivity index is 3.43. The van der Waals surface area contributed by atoms with Gasteiger partial charge in [0.1, 0.15) is 13.2 Å². The van der Waals surface area contributed by atoms with Crippen LogP contribution in [0.25, 0.3) is 0 Å². The van der Waals surface area contributed by atoms with Crippen molar-refractivity contribution in [3.63, 3.8) is 0 Å². The quantitative estimate of drug-likeness (QED) is 0.518. The molecule has 0 bridgehead atoms. The van der Waals surface area contributed by atoms with E-state index in [1.54, 1.807) is 13.8 Å². The number of aliphatic carboxylic acids is 1. The standard InChI is InChI=1S/C11H18O7/c1-8(2)10(14)16-6-7-18-11(15)17-5-3-4-9(12)13/h8H,3-7H2,1-2H3,(H,12,13). The van der Waals surface area contributed by atoms with Crippen molar-refractivity contribution in [2.75, 3.05) is 19.8 Å². The van der Waals surface area contributed by atoms with E-state index in [4.69, 9.17) is 9.84 Å². The summed E-state index contributed by atoms with van der Waals surface area (Å²) in [5.74, 6) is -1.55. The molecular formula is C11H18O7. The molecule has 0 aromatic heterocycles. The Morgan fingerprint density at radius 2 is 1.56 bits per heavy atom. The van der Waals surface area contributed by atoms with Crippen LogP contribution in [0.2, 0.25) is 0 Å². The molecule has 104 valence electrons. The Labute approximate surface area is 105 Å². The van der Waals surface area contributed by atoms with Gasteiger partial charge in [-0.25, -0.2) is 4.79 Å². The highest BCUT2D eigenvalue weighted by Gasteiger charge is 2.09. The zero-order valence-electron chi connectivity index (χ0n) is 10.5. The van der Waals surface area contributed by atoms with Crippen LogP contribution in [0, 0.1) is 5.92 Å². The lowest BCUT2D eigenvalue weighted by Gasteiger charge is -2.08. The minimum Gasteiger partial charge on any atom is -0.481 e. The van der Waals surface area contributed by atoms with Gasteiger partial charge >= 0.3 is 18.1 Å². The maximum Gasteiger partial charge on any atom is 0.508 e. The van der Waals surface area contributed by atoms with E-state index in [-0.39, 0.29) is 44.5 Å². The van der Waals surface area contributed by atoms with Gasteiger partial charge in [0.15, 0.2) is 0 Å². The SMILES string of the molecule is CC(C)C(=O)OCCOC(=O)OCCCC(=O)O. The number of carboxylic acids is 1. The largest absolute Gasteiger partial charge is 0.508 e. The van der Waals surface area contributed by atoms with Gasteiger partial charge in [-0.15, -0.1) is 0 Å². The third-order valence-corrected chi connectivity index (χ3v) is 1.77. The highest BCUT2D eigenvalue weighted by Crippen LogP contribution is 1.96. The van der Waals surface area contributed by atoms with E-state index in [2.05, 4.69) is 9.47 Å². The Bertz CT molecular complexity index is 285. The first kappa shape index (κ1) is 16.2. The van der Waals surface area contributed by atoms with E-state index < -0.39 is 12.1 Å². The van der Waals surface area contributed by atoms with Crippen molar-refractivity contribution in [3.8, 4) is 0 Å². The third-order valence-electron chi connectivity index (χ3n) is 1.77. The second-order valence-corrected chi connectivity index (χ2v) is 3.77. The summed E-state index contributed by atoms with van der Waals surface area (Å²) >= 11 is 0. The van der Waals surface area contributed by atoms with E-state index in [0.717, 1.165) is 0 Å². The van der Waals surface area contributed by atoms with Crippen LogP contribution < -0.4 is 0 Å². The molecule has 7 heteroatoms. The Morgan fingerprint density at radius 3 is 2.11 bits per heavy atom. The average molecular weight is 262 g/mol. The normalized spacial score (nSPS) is 9.94. The molecule has 0 atom stereocenters. The van der Waals surface area contributed by atoms with Crippen molar-refractivity contribution >= 4 is 18.1 Å². The van der Waals surface area contributed by atoms with Crippen molar-refractivity contribution in [2.45, 2.75) is 26.7 Å². The van der Waals surface area contributed by atoms with E-state index in [1.165, 1.54) is 0 Å². The summed E-state index contributed by atoms with van der Waals surface area (Å²) < 4.78 is 13.9. The Hall–Kier alpha value is -1.79. The molecule has 0 amide bonds. The monoisotopic (exact) mass is 262 g/mol. The summed E-state index contributed by atoms with van der Waals surface area (Å²) in [6.45, 7) is 3.26. The van der Waals surface area contributed by atoms with Gasteiger partial charge in [0, 0.05) is 6.42 Å². The van der Waals surface area contributed by atoms with Gasteiger partial charge in [-0.2, -0.15) is 0 Å². The van der Waals surface area contributed by atoms with Gasteiger partial charge in [-0.1, -0.05) is 13.8 Å². The molecule has 0 saturated heterocycles. The fraction of sp³-hybridized carbons (Fsp3) is 0.727. The van der Waals surface area contributed by atoms with Crippen LogP contribution in [0.1, 0.15) is 26.7 Å². The van der Waals surface area contributed by atoms with Crippen LogP contribution in [0.3, 0.4) is 0 Å². The fourth-order valence-electron chi connectivity index (χ4n) is 0.854. The van der Waals surface area contributed by atoms with Crippen LogP contribution in [-0.4, -0.2) is 43.0 Å². The van der Waals surface area contributed by atoms with E-state index in [0.29, 0.717) is 0 Å². The van der Waals surface area contributed by atoms with Crippen LogP contribution in [0.5, 0.6) is 0 Å². The number of ether oxygens (including phenoxy) is 3. The molecule has 0 saturated carbocycles. The maximum atomic E-state index is 11.0. The zero-order valence-corrected chi connectivity index (χ0v) is 10.5. The first-order valence-electron chi connectivity index (χ1n) is 5.61. The number of hydrogen-bond acceptors (Lipinski definition) is 6. The predicted octanol–water partition coefficient (Wildman–Crippen LogP) is 1.20. The summed E-state index contributed by atoms with van der Waals surface area (Å²) in [4.78, 5) is 32.1. The highest BCUT2D eigenvalue weighted by molar-refractivity contribution is 5.71. The summed E-state index contributed by atoms with van der Waals surface area (Å²) in [6.07, 6.45) is -0.743. The molecule has 18 heavy (non-hydrogen) atoms. The summed E-state index contributed by atoms with van der Waals surface area (Å²) in [6, 6.07) is 0. The van der Waals surface area contributed by atoms with Gasteiger partial charge in [-0.3, -0.25) is 9.59 Å². The molecule has 0 spiro atoms. The molecule has 0 unspecified atom stereocenters. The molecule has 0 aliphatic heterocycles. The van der Waals surface area contributed by atoms with E-state index in [1.807, 2.05) is 0 Å². The van der Waals surface area contributed by atoms with Crippen molar-refractivity contribution < 1.29 is 33.7 Å². The second kappa shape index (κ2) is 9.26. The van der Waals surface area contributed by atoms with Crippen LogP contribution in [0.15, 0.2) is 0 Å². The topological polar surface area (TPSA) is 99.1 Å². The predicted molar refractivity (Wildman–Crippen MR) is 60.0 cm³/mol. The minimum atomic E-state index is -0.951. The first-order valence-corrected chi connectivity index (χ1v) is 5.61. The maximum absolute atomic E-state index is 11.0. The average Bonchev–Trinajstić information content (AvgIpc) is 2.29. The molecule has 0 heterocycles. The lowest BCUT2D eigenvalue weighted by atomic mass is 10.2. The van der Waals surface area contributed by atoms with Gasteiger partial charge in [-0.05, 0) is 6.42 Å². The van der Waals surface area contributed by atoms with Gasteiger partial charge in [0.2, 0.25) is 0 Å². The van der Waals surface area contributed by atoms with Crippen LogP contribution >= 0.6 is 0 Å². The van der Waals surface area contributed by atoms with Crippen molar-refractivity contribution in [1.82, 2.24) is 0 Å². The van der Waals surface area contributed by atoms with Crippen LogP contribution in [0.4, 0.5) is 4.79 Å². The lowest BCUT2D eigenvalue weighted by molar-refractivity contribution is -0.148. The van der Waals surface area contributed by atoms with Crippen molar-refractivity contribution in [2.24, 2.45) is 5.92 Å². The number of hydrogen-bond donors (Lipinski definition) is 1. The molecule has 0 aliphatic rings. The second-order valence-electron chi connectivity index (χ2n) is 3.77. The third kappa shape index (κ3) is 9.44. The number of carbonyl (C=O) groups is 3. The zero-order chi connectivity index (χ0) is 14.0. The molecule has 0 radical (unpaired) electrons. The lowest BCUT2D eigenvalue weighted by Crippen LogP contribution is -2.17. The van der Waals surface area contributed by atoms with Gasteiger partial charge < -0.3 is 19.3 Å². The molecule has 0 fully saturated rings. The molecular weight excluding hydrogens is 244 g/mol. The molecule has 0 aromatic carbocycles. The molecule has 0 aliphatic carbocycles. The van der Waals surface area contributed by atoms with Gasteiger partial charge in [0.25, 0.3) is 0 Å².